The normalized spacial score (nSPS) is 48.6. The summed E-state index contributed by atoms with van der Waals surface area (Å²) in [5.74, 6) is 1.35. The molecular formula is C11H20OS2. The quantitative estimate of drug-likeness (QED) is 0.721. The van der Waals surface area contributed by atoms with Crippen LogP contribution in [0.25, 0.3) is 0 Å². The molecule has 3 heteroatoms. The zero-order valence-electron chi connectivity index (χ0n) is 9.29. The summed E-state index contributed by atoms with van der Waals surface area (Å²) in [7, 11) is 0. The summed E-state index contributed by atoms with van der Waals surface area (Å²) in [5, 5.41) is 0.723. The Hall–Kier alpha value is 0.660. The van der Waals surface area contributed by atoms with E-state index in [0.717, 1.165) is 5.25 Å². The van der Waals surface area contributed by atoms with E-state index in [1.165, 1.54) is 25.0 Å². The molecule has 2 fully saturated rings. The minimum atomic E-state index is 0.452. The molecule has 4 atom stereocenters. The van der Waals surface area contributed by atoms with Crippen molar-refractivity contribution in [2.24, 2.45) is 0 Å². The molecule has 82 valence electrons. The van der Waals surface area contributed by atoms with Crippen LogP contribution in [0.1, 0.15) is 40.0 Å². The van der Waals surface area contributed by atoms with E-state index in [0.29, 0.717) is 16.3 Å². The highest BCUT2D eigenvalue weighted by Gasteiger charge is 2.38. The second-order valence-electron chi connectivity index (χ2n) is 4.63. The lowest BCUT2D eigenvalue weighted by Crippen LogP contribution is -2.21. The minimum absolute atomic E-state index is 0.452. The van der Waals surface area contributed by atoms with Gasteiger partial charge in [0.1, 0.15) is 0 Å². The predicted octanol–water partition coefficient (Wildman–Crippen LogP) is 3.53. The van der Waals surface area contributed by atoms with Crippen LogP contribution in [0.3, 0.4) is 0 Å². The molecular weight excluding hydrogens is 212 g/mol. The summed E-state index contributed by atoms with van der Waals surface area (Å²) in [6, 6.07) is 0. The molecule has 2 aliphatic heterocycles. The summed E-state index contributed by atoms with van der Waals surface area (Å²) in [4.78, 5) is 0. The van der Waals surface area contributed by atoms with E-state index in [1.54, 1.807) is 0 Å². The zero-order chi connectivity index (χ0) is 10.2. The van der Waals surface area contributed by atoms with Crippen LogP contribution in [0.2, 0.25) is 0 Å². The molecule has 14 heavy (non-hydrogen) atoms. The molecule has 0 aromatic heterocycles. The summed E-state index contributed by atoms with van der Waals surface area (Å²) in [5.41, 5.74) is 0. The smallest absolute Gasteiger partial charge is 0.0670 e. The monoisotopic (exact) mass is 232 g/mol. The van der Waals surface area contributed by atoms with Crippen molar-refractivity contribution in [1.29, 1.82) is 0 Å². The topological polar surface area (TPSA) is 9.23 Å². The van der Waals surface area contributed by atoms with Crippen LogP contribution >= 0.6 is 23.5 Å². The third-order valence-corrected chi connectivity index (χ3v) is 6.65. The largest absolute Gasteiger partial charge is 0.374 e. The van der Waals surface area contributed by atoms with E-state index in [-0.39, 0.29) is 0 Å². The van der Waals surface area contributed by atoms with Crippen molar-refractivity contribution in [3.8, 4) is 0 Å². The molecule has 0 saturated carbocycles. The lowest BCUT2D eigenvalue weighted by molar-refractivity contribution is 0.0683. The lowest BCUT2D eigenvalue weighted by Gasteiger charge is -2.27. The third kappa shape index (κ3) is 2.42. The van der Waals surface area contributed by atoms with Gasteiger partial charge in [0.15, 0.2) is 0 Å². The maximum atomic E-state index is 5.80. The molecule has 2 aliphatic rings. The van der Waals surface area contributed by atoms with Crippen LogP contribution in [0.15, 0.2) is 0 Å². The Labute approximate surface area is 95.7 Å². The van der Waals surface area contributed by atoms with Crippen LogP contribution in [0.5, 0.6) is 0 Å². The molecule has 0 aromatic carbocycles. The van der Waals surface area contributed by atoms with Gasteiger partial charge >= 0.3 is 0 Å². The first-order valence-electron chi connectivity index (χ1n) is 5.56. The van der Waals surface area contributed by atoms with Gasteiger partial charge in [0, 0.05) is 5.25 Å². The van der Waals surface area contributed by atoms with E-state index < -0.39 is 0 Å². The molecule has 0 bridgehead atoms. The fraction of sp³-hybridized carbons (Fsp3) is 1.00. The Morgan fingerprint density at radius 1 is 1.43 bits per heavy atom. The van der Waals surface area contributed by atoms with Crippen LogP contribution in [-0.4, -0.2) is 27.3 Å². The van der Waals surface area contributed by atoms with Gasteiger partial charge in [0.25, 0.3) is 0 Å². The highest BCUT2D eigenvalue weighted by Crippen LogP contribution is 2.50. The standard InChI is InChI=1S/C11H20OS2/c1-8-7-10(9(2)12-8)14-11(3)5-4-6-13-11/h8-10H,4-7H2,1-3H3. The van der Waals surface area contributed by atoms with Gasteiger partial charge < -0.3 is 4.74 Å². The maximum absolute atomic E-state index is 5.80. The van der Waals surface area contributed by atoms with Gasteiger partial charge in [0.05, 0.1) is 16.3 Å². The predicted molar refractivity (Wildman–Crippen MR) is 66.1 cm³/mol. The van der Waals surface area contributed by atoms with E-state index in [2.05, 4.69) is 44.3 Å². The second kappa shape index (κ2) is 4.26. The summed E-state index contributed by atoms with van der Waals surface area (Å²) in [6.07, 6.45) is 4.93. The molecule has 0 spiro atoms. The molecule has 0 aromatic rings. The first-order chi connectivity index (χ1) is 6.59. The Kier molecular flexibility index (Phi) is 3.40. The van der Waals surface area contributed by atoms with Gasteiger partial charge in [-0.2, -0.15) is 0 Å². The van der Waals surface area contributed by atoms with Crippen molar-refractivity contribution in [2.75, 3.05) is 5.75 Å². The number of ether oxygens (including phenoxy) is 1. The van der Waals surface area contributed by atoms with Crippen molar-refractivity contribution in [3.63, 3.8) is 0 Å². The van der Waals surface area contributed by atoms with Gasteiger partial charge in [-0.05, 0) is 45.8 Å². The van der Waals surface area contributed by atoms with Gasteiger partial charge in [-0.25, -0.2) is 0 Å². The molecule has 2 saturated heterocycles. The van der Waals surface area contributed by atoms with Crippen molar-refractivity contribution in [2.45, 2.75) is 61.6 Å². The Balaban J connectivity index is 1.90. The van der Waals surface area contributed by atoms with E-state index >= 15 is 0 Å². The van der Waals surface area contributed by atoms with Crippen LogP contribution < -0.4 is 0 Å². The van der Waals surface area contributed by atoms with Gasteiger partial charge in [-0.3, -0.25) is 0 Å². The van der Waals surface area contributed by atoms with Gasteiger partial charge in [-0.1, -0.05) is 0 Å². The third-order valence-electron chi connectivity index (χ3n) is 3.12. The Morgan fingerprint density at radius 3 is 2.71 bits per heavy atom. The number of thioether (sulfide) groups is 2. The number of hydrogen-bond acceptors (Lipinski definition) is 3. The van der Waals surface area contributed by atoms with Gasteiger partial charge in [0.2, 0.25) is 0 Å². The summed E-state index contributed by atoms with van der Waals surface area (Å²) >= 11 is 4.31. The first-order valence-corrected chi connectivity index (χ1v) is 7.43. The van der Waals surface area contributed by atoms with E-state index in [9.17, 15) is 0 Å². The Morgan fingerprint density at radius 2 is 2.21 bits per heavy atom. The zero-order valence-corrected chi connectivity index (χ0v) is 10.9. The highest BCUT2D eigenvalue weighted by molar-refractivity contribution is 8.18. The minimum Gasteiger partial charge on any atom is -0.374 e. The first kappa shape index (κ1) is 11.2. The highest BCUT2D eigenvalue weighted by atomic mass is 32.2. The lowest BCUT2D eigenvalue weighted by atomic mass is 10.2. The average molecular weight is 232 g/mol. The fourth-order valence-electron chi connectivity index (χ4n) is 2.34. The molecule has 0 aliphatic carbocycles. The van der Waals surface area contributed by atoms with Crippen molar-refractivity contribution >= 4 is 23.5 Å². The summed E-state index contributed by atoms with van der Waals surface area (Å²) in [6.45, 7) is 6.83. The van der Waals surface area contributed by atoms with Crippen LogP contribution in [0, 0.1) is 0 Å². The second-order valence-corrected chi connectivity index (χ2v) is 8.23. The molecule has 2 rings (SSSR count). The summed E-state index contributed by atoms with van der Waals surface area (Å²) < 4.78 is 6.28. The van der Waals surface area contributed by atoms with Crippen molar-refractivity contribution in [1.82, 2.24) is 0 Å². The van der Waals surface area contributed by atoms with E-state index in [4.69, 9.17) is 4.74 Å². The SMILES string of the molecule is CC1CC(SC2(C)CCCS2)C(C)O1. The number of rotatable bonds is 2. The molecule has 4 unspecified atom stereocenters. The van der Waals surface area contributed by atoms with E-state index in [1.807, 2.05) is 0 Å². The molecule has 2 heterocycles. The number of hydrogen-bond donors (Lipinski definition) is 0. The van der Waals surface area contributed by atoms with Crippen LogP contribution in [0.4, 0.5) is 0 Å². The van der Waals surface area contributed by atoms with Gasteiger partial charge in [-0.15, -0.1) is 23.5 Å². The Bertz CT molecular complexity index is 201. The molecule has 1 nitrogen and oxygen atoms in total. The fourth-order valence-corrected chi connectivity index (χ4v) is 5.77. The molecule has 0 amide bonds. The average Bonchev–Trinajstić information content (AvgIpc) is 2.61. The van der Waals surface area contributed by atoms with Crippen molar-refractivity contribution < 1.29 is 4.74 Å². The molecule has 0 N–H and O–H groups in total. The van der Waals surface area contributed by atoms with Crippen molar-refractivity contribution in [3.05, 3.63) is 0 Å². The van der Waals surface area contributed by atoms with Crippen LogP contribution in [-0.2, 0) is 4.74 Å². The maximum Gasteiger partial charge on any atom is 0.0670 e. The molecule has 0 radical (unpaired) electrons.